The lowest BCUT2D eigenvalue weighted by Crippen LogP contribution is -2.48. The first kappa shape index (κ1) is 16.5. The predicted octanol–water partition coefficient (Wildman–Crippen LogP) is 1.52. The Labute approximate surface area is 148 Å². The van der Waals surface area contributed by atoms with Gasteiger partial charge in [-0.3, -0.25) is 4.90 Å². The third-order valence-corrected chi connectivity index (χ3v) is 5.15. The highest BCUT2D eigenvalue weighted by atomic mass is 16.5. The fourth-order valence-corrected chi connectivity index (χ4v) is 3.63. The number of hydrogen-bond acceptors (Lipinski definition) is 6. The standard InChI is InChI=1S/C18H26N6O/c1-15-2-5-24(21-15)18-12-17(19-14-20-18)23-8-6-22(7-9-23)13-16-3-10-25-11-4-16/h2,5,12,14,16H,3-4,6-11,13H2,1H3. The minimum atomic E-state index is 0.800. The highest BCUT2D eigenvalue weighted by molar-refractivity contribution is 5.43. The fraction of sp³-hybridized carbons (Fsp3) is 0.611. The van der Waals surface area contributed by atoms with Gasteiger partial charge in [-0.2, -0.15) is 5.10 Å². The van der Waals surface area contributed by atoms with Crippen molar-refractivity contribution in [3.63, 3.8) is 0 Å². The Morgan fingerprint density at radius 3 is 2.56 bits per heavy atom. The van der Waals surface area contributed by atoms with E-state index in [4.69, 9.17) is 4.74 Å². The molecule has 2 aromatic heterocycles. The zero-order chi connectivity index (χ0) is 17.1. The van der Waals surface area contributed by atoms with Gasteiger partial charge in [-0.05, 0) is 31.7 Å². The number of ether oxygens (including phenoxy) is 1. The van der Waals surface area contributed by atoms with Gasteiger partial charge in [0.15, 0.2) is 5.82 Å². The van der Waals surface area contributed by atoms with E-state index in [0.29, 0.717) is 0 Å². The molecule has 2 saturated heterocycles. The molecule has 2 aliphatic heterocycles. The number of hydrogen-bond donors (Lipinski definition) is 0. The van der Waals surface area contributed by atoms with Crippen molar-refractivity contribution in [3.8, 4) is 5.82 Å². The molecule has 4 rings (SSSR count). The molecule has 7 heteroatoms. The van der Waals surface area contributed by atoms with Crippen molar-refractivity contribution in [2.75, 3.05) is 50.8 Å². The third kappa shape index (κ3) is 3.99. The molecule has 7 nitrogen and oxygen atoms in total. The second kappa shape index (κ2) is 7.49. The zero-order valence-corrected chi connectivity index (χ0v) is 14.8. The quantitative estimate of drug-likeness (QED) is 0.840. The summed E-state index contributed by atoms with van der Waals surface area (Å²) in [6, 6.07) is 4.01. The molecule has 2 aliphatic rings. The fourth-order valence-electron chi connectivity index (χ4n) is 3.63. The first-order valence-electron chi connectivity index (χ1n) is 9.18. The van der Waals surface area contributed by atoms with Crippen molar-refractivity contribution in [2.24, 2.45) is 5.92 Å². The molecule has 2 aromatic rings. The molecule has 0 bridgehead atoms. The number of aryl methyl sites for hydroxylation is 1. The Bertz CT molecular complexity index is 688. The van der Waals surface area contributed by atoms with Crippen molar-refractivity contribution in [1.82, 2.24) is 24.6 Å². The van der Waals surface area contributed by atoms with Crippen molar-refractivity contribution >= 4 is 5.82 Å². The molecule has 0 unspecified atom stereocenters. The summed E-state index contributed by atoms with van der Waals surface area (Å²) >= 11 is 0. The minimum Gasteiger partial charge on any atom is -0.381 e. The van der Waals surface area contributed by atoms with Gasteiger partial charge in [0.1, 0.15) is 12.1 Å². The van der Waals surface area contributed by atoms with Gasteiger partial charge in [-0.25, -0.2) is 14.6 Å². The van der Waals surface area contributed by atoms with Crippen LogP contribution in [0.3, 0.4) is 0 Å². The summed E-state index contributed by atoms with van der Waals surface area (Å²) in [5, 5.41) is 4.43. The van der Waals surface area contributed by atoms with E-state index in [1.165, 1.54) is 19.4 Å². The van der Waals surface area contributed by atoms with Crippen LogP contribution in [0.1, 0.15) is 18.5 Å². The Morgan fingerprint density at radius 1 is 1.08 bits per heavy atom. The lowest BCUT2D eigenvalue weighted by Gasteiger charge is -2.37. The Hall–Kier alpha value is -1.99. The molecule has 0 amide bonds. The lowest BCUT2D eigenvalue weighted by atomic mass is 9.99. The van der Waals surface area contributed by atoms with Gasteiger partial charge < -0.3 is 9.64 Å². The molecule has 0 N–H and O–H groups in total. The van der Waals surface area contributed by atoms with Gasteiger partial charge in [-0.15, -0.1) is 0 Å². The summed E-state index contributed by atoms with van der Waals surface area (Å²) in [7, 11) is 0. The Kier molecular flexibility index (Phi) is 4.94. The number of anilines is 1. The number of piperazine rings is 1. The van der Waals surface area contributed by atoms with Crippen LogP contribution in [-0.2, 0) is 4.74 Å². The summed E-state index contributed by atoms with van der Waals surface area (Å²) in [5.74, 6) is 2.61. The maximum Gasteiger partial charge on any atom is 0.158 e. The molecule has 0 saturated carbocycles. The van der Waals surface area contributed by atoms with E-state index in [1.807, 2.05) is 29.9 Å². The van der Waals surface area contributed by atoms with Crippen LogP contribution in [0.15, 0.2) is 24.7 Å². The monoisotopic (exact) mass is 342 g/mol. The Balaban J connectivity index is 1.36. The van der Waals surface area contributed by atoms with Crippen LogP contribution in [0.2, 0.25) is 0 Å². The van der Waals surface area contributed by atoms with Crippen LogP contribution < -0.4 is 4.90 Å². The normalized spacial score (nSPS) is 20.1. The van der Waals surface area contributed by atoms with E-state index in [2.05, 4.69) is 24.9 Å². The molecule has 2 fully saturated rings. The van der Waals surface area contributed by atoms with Crippen LogP contribution in [0.4, 0.5) is 5.82 Å². The van der Waals surface area contributed by atoms with E-state index >= 15 is 0 Å². The second-order valence-electron chi connectivity index (χ2n) is 6.98. The first-order valence-corrected chi connectivity index (χ1v) is 9.18. The number of rotatable bonds is 4. The van der Waals surface area contributed by atoms with Crippen molar-refractivity contribution in [2.45, 2.75) is 19.8 Å². The highest BCUT2D eigenvalue weighted by Crippen LogP contribution is 2.19. The van der Waals surface area contributed by atoms with E-state index in [-0.39, 0.29) is 0 Å². The average molecular weight is 342 g/mol. The van der Waals surface area contributed by atoms with Crippen LogP contribution in [0.5, 0.6) is 0 Å². The summed E-state index contributed by atoms with van der Waals surface area (Å²) in [6.45, 7) is 9.27. The topological polar surface area (TPSA) is 59.3 Å². The van der Waals surface area contributed by atoms with Crippen LogP contribution in [0, 0.1) is 12.8 Å². The third-order valence-electron chi connectivity index (χ3n) is 5.15. The Morgan fingerprint density at radius 2 is 1.84 bits per heavy atom. The molecular weight excluding hydrogens is 316 g/mol. The van der Waals surface area contributed by atoms with Gasteiger partial charge in [-0.1, -0.05) is 0 Å². The van der Waals surface area contributed by atoms with Gasteiger partial charge in [0.05, 0.1) is 5.69 Å². The average Bonchev–Trinajstić information content (AvgIpc) is 3.10. The molecule has 134 valence electrons. The van der Waals surface area contributed by atoms with Gasteiger partial charge in [0.2, 0.25) is 0 Å². The van der Waals surface area contributed by atoms with E-state index < -0.39 is 0 Å². The lowest BCUT2D eigenvalue weighted by molar-refractivity contribution is 0.0517. The first-order chi connectivity index (χ1) is 12.3. The number of nitrogens with zero attached hydrogens (tertiary/aromatic N) is 6. The van der Waals surface area contributed by atoms with Crippen LogP contribution in [0.25, 0.3) is 5.82 Å². The number of aromatic nitrogens is 4. The molecular formula is C18H26N6O. The molecule has 0 aliphatic carbocycles. The van der Waals surface area contributed by atoms with Gasteiger partial charge in [0, 0.05) is 58.2 Å². The largest absolute Gasteiger partial charge is 0.381 e. The maximum absolute atomic E-state index is 5.46. The van der Waals surface area contributed by atoms with E-state index in [9.17, 15) is 0 Å². The maximum atomic E-state index is 5.46. The summed E-state index contributed by atoms with van der Waals surface area (Å²) < 4.78 is 7.27. The molecule has 0 radical (unpaired) electrons. The molecule has 0 atom stereocenters. The van der Waals surface area contributed by atoms with Gasteiger partial charge >= 0.3 is 0 Å². The van der Waals surface area contributed by atoms with Gasteiger partial charge in [0.25, 0.3) is 0 Å². The van der Waals surface area contributed by atoms with E-state index in [0.717, 1.165) is 62.6 Å². The summed E-state index contributed by atoms with van der Waals surface area (Å²) in [5.41, 5.74) is 0.988. The highest BCUT2D eigenvalue weighted by Gasteiger charge is 2.22. The van der Waals surface area contributed by atoms with Crippen molar-refractivity contribution in [1.29, 1.82) is 0 Å². The molecule has 0 spiro atoms. The van der Waals surface area contributed by atoms with Crippen molar-refractivity contribution in [3.05, 3.63) is 30.4 Å². The smallest absolute Gasteiger partial charge is 0.158 e. The SMILES string of the molecule is Cc1ccn(-c2cc(N3CCN(CC4CCOCC4)CC3)ncn2)n1. The molecule has 4 heterocycles. The molecule has 25 heavy (non-hydrogen) atoms. The van der Waals surface area contributed by atoms with E-state index in [1.54, 1.807) is 6.33 Å². The summed E-state index contributed by atoms with van der Waals surface area (Å²) in [4.78, 5) is 13.8. The van der Waals surface area contributed by atoms with Crippen LogP contribution >= 0.6 is 0 Å². The zero-order valence-electron chi connectivity index (χ0n) is 14.8. The summed E-state index contributed by atoms with van der Waals surface area (Å²) in [6.07, 6.45) is 5.99. The predicted molar refractivity (Wildman–Crippen MR) is 96.1 cm³/mol. The van der Waals surface area contributed by atoms with Crippen LogP contribution in [-0.4, -0.2) is 70.6 Å². The minimum absolute atomic E-state index is 0.800. The second-order valence-corrected chi connectivity index (χ2v) is 6.98. The molecule has 0 aromatic carbocycles. The van der Waals surface area contributed by atoms with Crippen molar-refractivity contribution < 1.29 is 4.74 Å².